The van der Waals surface area contributed by atoms with E-state index in [1.807, 2.05) is 9.80 Å². The fourth-order valence-electron chi connectivity index (χ4n) is 4.23. The van der Waals surface area contributed by atoms with Gasteiger partial charge in [0.05, 0.1) is 16.0 Å². The molecule has 2 aromatic carbocycles. The molecule has 0 saturated carbocycles. The highest BCUT2D eigenvalue weighted by atomic mass is 35.5. The fourth-order valence-corrected chi connectivity index (χ4v) is 5.13. The van der Waals surface area contributed by atoms with Gasteiger partial charge in [-0.1, -0.05) is 11.6 Å². The van der Waals surface area contributed by atoms with Gasteiger partial charge >= 0.3 is 6.18 Å². The van der Waals surface area contributed by atoms with Crippen LogP contribution in [0.4, 0.5) is 30.4 Å². The number of nitrogens with zero attached hydrogens (tertiary/aromatic N) is 4. The number of hydrogen-bond donors (Lipinski definition) is 3. The first-order valence-corrected chi connectivity index (χ1v) is 12.8. The van der Waals surface area contributed by atoms with Crippen LogP contribution in [0.5, 0.6) is 0 Å². The Labute approximate surface area is 221 Å². The fraction of sp³-hybridized carbons (Fsp3) is 0.227. The molecule has 3 heterocycles. The Morgan fingerprint density at radius 1 is 1.11 bits per heavy atom. The molecule has 2 aromatic heterocycles. The minimum Gasteiger partial charge on any atom is -0.755 e. The summed E-state index contributed by atoms with van der Waals surface area (Å²) in [5, 5.41) is 4.39. The Bertz CT molecular complexity index is 1510. The van der Waals surface area contributed by atoms with E-state index in [2.05, 4.69) is 25.0 Å². The first-order valence-electron chi connectivity index (χ1n) is 10.9. The molecule has 37 heavy (non-hydrogen) atoms. The zero-order valence-electron chi connectivity index (χ0n) is 18.8. The number of thiocarbonyl (C=S) groups is 1. The van der Waals surface area contributed by atoms with Gasteiger partial charge in [0.15, 0.2) is 5.11 Å². The third-order valence-electron chi connectivity index (χ3n) is 5.97. The molecule has 4 aromatic rings. The van der Waals surface area contributed by atoms with E-state index < -0.39 is 23.0 Å². The second-order valence-corrected chi connectivity index (χ2v) is 9.71. The number of halogens is 4. The van der Waals surface area contributed by atoms with E-state index in [1.165, 1.54) is 12.4 Å². The van der Waals surface area contributed by atoms with Crippen LogP contribution in [0.2, 0.25) is 5.02 Å². The van der Waals surface area contributed by atoms with Crippen molar-refractivity contribution in [3.05, 3.63) is 53.3 Å². The number of alkyl halides is 3. The van der Waals surface area contributed by atoms with Gasteiger partial charge in [-0.2, -0.15) is 13.2 Å². The minimum atomic E-state index is -4.57. The molecule has 9 nitrogen and oxygen atoms in total. The summed E-state index contributed by atoms with van der Waals surface area (Å²) in [4.78, 5) is 15.6. The van der Waals surface area contributed by atoms with E-state index in [0.29, 0.717) is 64.9 Å². The molecule has 0 amide bonds. The maximum Gasteiger partial charge on any atom is 0.417 e. The average molecular weight is 569 g/mol. The Balaban J connectivity index is 1.32. The van der Waals surface area contributed by atoms with Gasteiger partial charge < -0.3 is 29.4 Å². The third-order valence-corrected chi connectivity index (χ3v) is 7.04. The third kappa shape index (κ3) is 5.28. The van der Waals surface area contributed by atoms with Gasteiger partial charge in [-0.3, -0.25) is 4.21 Å². The number of rotatable bonds is 4. The van der Waals surface area contributed by atoms with E-state index in [9.17, 15) is 21.9 Å². The molecule has 1 aliphatic heterocycles. The van der Waals surface area contributed by atoms with Crippen molar-refractivity contribution < 1.29 is 21.9 Å². The quantitative estimate of drug-likeness (QED) is 0.244. The lowest BCUT2D eigenvalue weighted by molar-refractivity contribution is -0.137. The summed E-state index contributed by atoms with van der Waals surface area (Å²) in [5.41, 5.74) is 0.932. The predicted octanol–water partition coefficient (Wildman–Crippen LogP) is 4.51. The molecule has 0 bridgehead atoms. The van der Waals surface area contributed by atoms with Gasteiger partial charge in [0.2, 0.25) is 0 Å². The molecule has 1 aliphatic rings. The summed E-state index contributed by atoms with van der Waals surface area (Å²) in [5.74, 6) is 0.601. The molecule has 194 valence electrons. The Morgan fingerprint density at radius 3 is 2.43 bits per heavy atom. The SMILES string of the molecule is O=S([O-])Nc1ccc(NC(=S)N2CCN(c3ncnc4[nH]c5cc(C(F)(F)F)c(Cl)cc5c34)CC2)cc1. The summed E-state index contributed by atoms with van der Waals surface area (Å²) in [6.07, 6.45) is -3.20. The normalized spacial score (nSPS) is 15.3. The van der Waals surface area contributed by atoms with E-state index in [-0.39, 0.29) is 10.5 Å². The highest BCUT2D eigenvalue weighted by Gasteiger charge is 2.34. The molecule has 0 radical (unpaired) electrons. The number of hydrogen-bond acceptors (Lipinski definition) is 6. The van der Waals surface area contributed by atoms with Crippen molar-refractivity contribution >= 4 is 79.3 Å². The van der Waals surface area contributed by atoms with E-state index in [1.54, 1.807) is 24.3 Å². The zero-order valence-corrected chi connectivity index (χ0v) is 21.2. The number of piperazine rings is 1. The van der Waals surface area contributed by atoms with Gasteiger partial charge in [0, 0.05) is 59.7 Å². The highest BCUT2D eigenvalue weighted by molar-refractivity contribution is 7.80. The smallest absolute Gasteiger partial charge is 0.417 e. The molecular formula is C22H18ClF3N7O2S2-. The minimum absolute atomic E-state index is 0.278. The molecule has 5 rings (SSSR count). The molecule has 0 spiro atoms. The van der Waals surface area contributed by atoms with Crippen molar-refractivity contribution in [2.24, 2.45) is 0 Å². The maximum absolute atomic E-state index is 13.3. The zero-order chi connectivity index (χ0) is 26.3. The van der Waals surface area contributed by atoms with Crippen molar-refractivity contribution in [3.63, 3.8) is 0 Å². The van der Waals surface area contributed by atoms with Crippen LogP contribution in [-0.2, 0) is 17.4 Å². The monoisotopic (exact) mass is 568 g/mol. The number of aromatic nitrogens is 3. The van der Waals surface area contributed by atoms with Crippen molar-refractivity contribution in [3.8, 4) is 0 Å². The topological polar surface area (TPSA) is 112 Å². The van der Waals surface area contributed by atoms with Crippen LogP contribution in [0.3, 0.4) is 0 Å². The lowest BCUT2D eigenvalue weighted by atomic mass is 10.1. The lowest BCUT2D eigenvalue weighted by Crippen LogP contribution is -2.50. The number of aromatic amines is 1. The van der Waals surface area contributed by atoms with Crippen LogP contribution in [-0.4, -0.2) is 59.9 Å². The van der Waals surface area contributed by atoms with Crippen molar-refractivity contribution in [1.82, 2.24) is 19.9 Å². The van der Waals surface area contributed by atoms with E-state index in [4.69, 9.17) is 23.8 Å². The summed E-state index contributed by atoms with van der Waals surface area (Å²) in [6, 6.07) is 8.95. The second kappa shape index (κ2) is 9.93. The molecule has 3 N–H and O–H groups in total. The van der Waals surface area contributed by atoms with Crippen LogP contribution in [0.15, 0.2) is 42.7 Å². The number of benzene rings is 2. The number of nitrogens with one attached hydrogen (secondary N) is 3. The number of anilines is 3. The largest absolute Gasteiger partial charge is 0.755 e. The highest BCUT2D eigenvalue weighted by Crippen LogP contribution is 2.40. The number of fused-ring (bicyclic) bond motifs is 3. The molecule has 1 fully saturated rings. The van der Waals surface area contributed by atoms with E-state index >= 15 is 0 Å². The Hall–Kier alpha value is -3.20. The van der Waals surface area contributed by atoms with Crippen molar-refractivity contribution in [2.45, 2.75) is 6.18 Å². The van der Waals surface area contributed by atoms with Crippen LogP contribution < -0.4 is 14.9 Å². The molecular weight excluding hydrogens is 551 g/mol. The predicted molar refractivity (Wildman–Crippen MR) is 140 cm³/mol. The summed E-state index contributed by atoms with van der Waals surface area (Å²) in [6.45, 7) is 2.28. The van der Waals surface area contributed by atoms with Gasteiger partial charge in [-0.15, -0.1) is 0 Å². The van der Waals surface area contributed by atoms with Crippen molar-refractivity contribution in [2.75, 3.05) is 41.1 Å². The van der Waals surface area contributed by atoms with Gasteiger partial charge in [0.25, 0.3) is 0 Å². The lowest BCUT2D eigenvalue weighted by Gasteiger charge is -2.37. The van der Waals surface area contributed by atoms with Gasteiger partial charge in [-0.05, 0) is 48.6 Å². The molecule has 1 atom stereocenters. The van der Waals surface area contributed by atoms with Crippen LogP contribution in [0, 0.1) is 0 Å². The summed E-state index contributed by atoms with van der Waals surface area (Å²) >= 11 is 9.13. The molecule has 0 aliphatic carbocycles. The average Bonchev–Trinajstić information content (AvgIpc) is 3.21. The van der Waals surface area contributed by atoms with Crippen LogP contribution in [0.1, 0.15) is 5.56 Å². The Morgan fingerprint density at radius 2 is 1.78 bits per heavy atom. The molecule has 1 unspecified atom stereocenters. The first-order chi connectivity index (χ1) is 17.6. The molecule has 1 saturated heterocycles. The molecule has 15 heteroatoms. The van der Waals surface area contributed by atoms with Gasteiger partial charge in [0.1, 0.15) is 17.8 Å². The number of H-pyrrole nitrogens is 1. The van der Waals surface area contributed by atoms with E-state index in [0.717, 1.165) is 6.07 Å². The summed E-state index contributed by atoms with van der Waals surface area (Å²) in [7, 11) is 0. The van der Waals surface area contributed by atoms with Crippen LogP contribution >= 0.6 is 23.8 Å². The van der Waals surface area contributed by atoms with Crippen molar-refractivity contribution in [1.29, 1.82) is 0 Å². The first kappa shape index (κ1) is 25.4. The van der Waals surface area contributed by atoms with Crippen LogP contribution in [0.25, 0.3) is 21.9 Å². The standard InChI is InChI=1S/C22H19ClF3N7O2S2/c23-16-9-14-17(10-15(16)22(24,25)26)30-19-18(14)20(28-11-27-19)32-5-7-33(8-6-32)21(36)29-12-1-3-13(4-2-12)31-37(34)35/h1-4,9-11,31H,5-8H2,(H,29,36)(H,34,35)(H,27,28,30)/p-1. The maximum atomic E-state index is 13.3. The van der Waals surface area contributed by atoms with Gasteiger partial charge in [-0.25, -0.2) is 9.97 Å². The Kier molecular flexibility index (Phi) is 6.83. The summed E-state index contributed by atoms with van der Waals surface area (Å²) < 4.78 is 63.7. The second-order valence-electron chi connectivity index (χ2n) is 8.24.